The van der Waals surface area contributed by atoms with E-state index in [0.29, 0.717) is 5.56 Å². The third-order valence-corrected chi connectivity index (χ3v) is 2.65. The Kier molecular flexibility index (Phi) is 2.40. The van der Waals surface area contributed by atoms with Crippen LogP contribution in [0.25, 0.3) is 0 Å². The Bertz CT molecular complexity index is 434. The molecule has 0 heterocycles. The molecule has 0 saturated heterocycles. The zero-order chi connectivity index (χ0) is 11.9. The van der Waals surface area contributed by atoms with Gasteiger partial charge in [-0.1, -0.05) is 0 Å². The highest BCUT2D eigenvalue weighted by Gasteiger charge is 2.36. The molecule has 0 atom stereocenters. The lowest BCUT2D eigenvalue weighted by Gasteiger charge is -2.12. The first kappa shape index (κ1) is 11.0. The molecule has 1 aromatic rings. The number of phenols is 1. The molecule has 0 radical (unpaired) electrons. The lowest BCUT2D eigenvalue weighted by molar-refractivity contribution is -0.138. The van der Waals surface area contributed by atoms with Crippen molar-refractivity contribution in [1.29, 1.82) is 0 Å². The van der Waals surface area contributed by atoms with Crippen LogP contribution < -0.4 is 0 Å². The number of halogens is 3. The Balaban J connectivity index is 2.58. The zero-order valence-electron chi connectivity index (χ0n) is 8.21. The summed E-state index contributed by atoms with van der Waals surface area (Å²) in [4.78, 5) is 10.5. The number of carbonyl (C=O) groups is 1. The summed E-state index contributed by atoms with van der Waals surface area (Å²) in [6.45, 7) is 0. The number of rotatable bonds is 2. The summed E-state index contributed by atoms with van der Waals surface area (Å²) in [6, 6.07) is 2.21. The fourth-order valence-electron chi connectivity index (χ4n) is 1.67. The number of benzene rings is 1. The zero-order valence-corrected chi connectivity index (χ0v) is 8.21. The number of hydrogen-bond acceptors (Lipinski definition) is 2. The van der Waals surface area contributed by atoms with Crippen molar-refractivity contribution in [3.05, 3.63) is 28.8 Å². The van der Waals surface area contributed by atoms with E-state index in [1.807, 2.05) is 0 Å². The number of alkyl halides is 3. The second kappa shape index (κ2) is 3.50. The number of aldehydes is 1. The minimum absolute atomic E-state index is 0.0365. The number of phenolic OH excluding ortho intramolecular Hbond substituents is 1. The summed E-state index contributed by atoms with van der Waals surface area (Å²) in [5.74, 6) is -0.501. The van der Waals surface area contributed by atoms with Crippen LogP contribution in [0.1, 0.15) is 40.2 Å². The number of aromatic hydroxyl groups is 1. The van der Waals surface area contributed by atoms with Gasteiger partial charge < -0.3 is 5.11 Å². The Morgan fingerprint density at radius 1 is 1.31 bits per heavy atom. The average molecular weight is 230 g/mol. The molecule has 1 aliphatic rings. The van der Waals surface area contributed by atoms with Gasteiger partial charge in [0.2, 0.25) is 0 Å². The molecule has 1 aromatic carbocycles. The van der Waals surface area contributed by atoms with E-state index in [2.05, 4.69) is 0 Å². The van der Waals surface area contributed by atoms with Crippen LogP contribution in [0, 0.1) is 0 Å². The van der Waals surface area contributed by atoms with Crippen LogP contribution in [-0.2, 0) is 6.18 Å². The Hall–Kier alpha value is -1.52. The van der Waals surface area contributed by atoms with Gasteiger partial charge in [-0.2, -0.15) is 13.2 Å². The van der Waals surface area contributed by atoms with E-state index >= 15 is 0 Å². The highest BCUT2D eigenvalue weighted by molar-refractivity contribution is 5.82. The molecule has 0 aromatic heterocycles. The van der Waals surface area contributed by atoms with E-state index in [-0.39, 0.29) is 12.2 Å². The predicted octanol–water partition coefficient (Wildman–Crippen LogP) is 3.10. The van der Waals surface area contributed by atoms with Gasteiger partial charge in [-0.15, -0.1) is 0 Å². The maximum Gasteiger partial charge on any atom is 0.417 e. The van der Waals surface area contributed by atoms with Crippen molar-refractivity contribution in [3.63, 3.8) is 0 Å². The molecule has 86 valence electrons. The van der Waals surface area contributed by atoms with Gasteiger partial charge in [0, 0.05) is 0 Å². The SMILES string of the molecule is O=Cc1c(O)cc(C2CC2)cc1C(F)(F)F. The van der Waals surface area contributed by atoms with E-state index < -0.39 is 23.1 Å². The van der Waals surface area contributed by atoms with Gasteiger partial charge in [0.05, 0.1) is 11.1 Å². The van der Waals surface area contributed by atoms with E-state index in [9.17, 15) is 23.1 Å². The van der Waals surface area contributed by atoms with Crippen LogP contribution in [0.15, 0.2) is 12.1 Å². The van der Waals surface area contributed by atoms with Crippen molar-refractivity contribution in [2.45, 2.75) is 24.9 Å². The van der Waals surface area contributed by atoms with Crippen LogP contribution in [0.5, 0.6) is 5.75 Å². The molecule has 1 N–H and O–H groups in total. The predicted molar refractivity (Wildman–Crippen MR) is 50.5 cm³/mol. The maximum atomic E-state index is 12.6. The van der Waals surface area contributed by atoms with Crippen LogP contribution in [0.2, 0.25) is 0 Å². The Morgan fingerprint density at radius 3 is 2.38 bits per heavy atom. The minimum atomic E-state index is -4.61. The van der Waals surface area contributed by atoms with Crippen LogP contribution in [0.3, 0.4) is 0 Å². The van der Waals surface area contributed by atoms with E-state index in [0.717, 1.165) is 18.9 Å². The van der Waals surface area contributed by atoms with Gasteiger partial charge in [0.15, 0.2) is 6.29 Å². The smallest absolute Gasteiger partial charge is 0.417 e. The summed E-state index contributed by atoms with van der Waals surface area (Å²) in [6.07, 6.45) is -2.91. The number of hydrogen-bond donors (Lipinski definition) is 1. The molecular weight excluding hydrogens is 221 g/mol. The third-order valence-electron chi connectivity index (χ3n) is 2.65. The monoisotopic (exact) mass is 230 g/mol. The second-order valence-corrected chi connectivity index (χ2v) is 3.89. The van der Waals surface area contributed by atoms with E-state index in [1.54, 1.807) is 0 Å². The van der Waals surface area contributed by atoms with Crippen molar-refractivity contribution in [3.8, 4) is 5.75 Å². The normalized spacial score (nSPS) is 16.2. The van der Waals surface area contributed by atoms with Crippen molar-refractivity contribution in [2.24, 2.45) is 0 Å². The Labute approximate surface area is 89.7 Å². The van der Waals surface area contributed by atoms with E-state index in [4.69, 9.17) is 0 Å². The van der Waals surface area contributed by atoms with Crippen molar-refractivity contribution in [1.82, 2.24) is 0 Å². The molecule has 1 fully saturated rings. The van der Waals surface area contributed by atoms with Gasteiger partial charge in [0.1, 0.15) is 5.75 Å². The summed E-state index contributed by atoms with van der Waals surface area (Å²) < 4.78 is 37.8. The molecular formula is C11H9F3O2. The van der Waals surface area contributed by atoms with Gasteiger partial charge in [0.25, 0.3) is 0 Å². The van der Waals surface area contributed by atoms with Crippen LogP contribution in [0.4, 0.5) is 13.2 Å². The topological polar surface area (TPSA) is 37.3 Å². The van der Waals surface area contributed by atoms with Gasteiger partial charge in [-0.05, 0) is 36.5 Å². The van der Waals surface area contributed by atoms with Gasteiger partial charge >= 0.3 is 6.18 Å². The van der Waals surface area contributed by atoms with Crippen LogP contribution in [-0.4, -0.2) is 11.4 Å². The largest absolute Gasteiger partial charge is 0.507 e. The number of carbonyl (C=O) groups excluding carboxylic acids is 1. The molecule has 0 bridgehead atoms. The first-order chi connectivity index (χ1) is 7.43. The fourth-order valence-corrected chi connectivity index (χ4v) is 1.67. The molecule has 0 aliphatic heterocycles. The first-order valence-corrected chi connectivity index (χ1v) is 4.82. The van der Waals surface area contributed by atoms with Gasteiger partial charge in [-0.25, -0.2) is 0 Å². The lowest BCUT2D eigenvalue weighted by Crippen LogP contribution is -2.09. The molecule has 2 nitrogen and oxygen atoms in total. The lowest BCUT2D eigenvalue weighted by atomic mass is 10.0. The molecule has 0 spiro atoms. The summed E-state index contributed by atoms with van der Waals surface area (Å²) in [5.41, 5.74) is -1.28. The third kappa shape index (κ3) is 1.89. The van der Waals surface area contributed by atoms with E-state index in [1.165, 1.54) is 6.07 Å². The highest BCUT2D eigenvalue weighted by Crippen LogP contribution is 2.44. The average Bonchev–Trinajstić information content (AvgIpc) is 2.98. The molecule has 1 saturated carbocycles. The van der Waals surface area contributed by atoms with Crippen LogP contribution >= 0.6 is 0 Å². The maximum absolute atomic E-state index is 12.6. The summed E-state index contributed by atoms with van der Waals surface area (Å²) in [5, 5.41) is 9.38. The van der Waals surface area contributed by atoms with Crippen molar-refractivity contribution >= 4 is 6.29 Å². The second-order valence-electron chi connectivity index (χ2n) is 3.89. The summed E-state index contributed by atoms with van der Waals surface area (Å²) >= 11 is 0. The molecule has 1 aliphatic carbocycles. The standard InChI is InChI=1S/C11H9F3O2/c12-11(13,14)9-3-7(6-1-2-6)4-10(16)8(9)5-15/h3-6,16H,1-2H2. The van der Waals surface area contributed by atoms with Crippen molar-refractivity contribution < 1.29 is 23.1 Å². The van der Waals surface area contributed by atoms with Crippen molar-refractivity contribution in [2.75, 3.05) is 0 Å². The molecule has 0 amide bonds. The fraction of sp³-hybridized carbons (Fsp3) is 0.364. The highest BCUT2D eigenvalue weighted by atomic mass is 19.4. The van der Waals surface area contributed by atoms with Gasteiger partial charge in [-0.3, -0.25) is 4.79 Å². The Morgan fingerprint density at radius 2 is 1.94 bits per heavy atom. The minimum Gasteiger partial charge on any atom is -0.507 e. The molecule has 16 heavy (non-hydrogen) atoms. The molecule has 2 rings (SSSR count). The quantitative estimate of drug-likeness (QED) is 0.792. The molecule has 5 heteroatoms. The first-order valence-electron chi connectivity index (χ1n) is 4.82. The summed E-state index contributed by atoms with van der Waals surface area (Å²) in [7, 11) is 0. The molecule has 0 unspecified atom stereocenters.